The van der Waals surface area contributed by atoms with Gasteiger partial charge in [-0.25, -0.2) is 13.6 Å². The molecule has 1 aromatic rings. The normalized spacial score (nSPS) is 18.1. The molecule has 0 aromatic heterocycles. The average molecular weight is 268 g/mol. The highest BCUT2D eigenvalue weighted by molar-refractivity contribution is 7.89. The Balaban J connectivity index is 1.99. The van der Waals surface area contributed by atoms with E-state index in [2.05, 4.69) is 12.2 Å². The monoisotopic (exact) mass is 268 g/mol. The number of sulfonamides is 1. The molecule has 0 spiro atoms. The van der Waals surface area contributed by atoms with Crippen LogP contribution < -0.4 is 10.5 Å². The fourth-order valence-electron chi connectivity index (χ4n) is 2.38. The molecule has 0 radical (unpaired) electrons. The molecule has 5 heteroatoms. The number of nitrogens with one attached hydrogen (secondary N) is 1. The molecule has 1 fully saturated rings. The topological polar surface area (TPSA) is 72.2 Å². The van der Waals surface area contributed by atoms with E-state index in [0.29, 0.717) is 5.41 Å². The van der Waals surface area contributed by atoms with Crippen molar-refractivity contribution < 1.29 is 8.42 Å². The summed E-state index contributed by atoms with van der Waals surface area (Å²) in [6.45, 7) is 3.18. The Morgan fingerprint density at radius 1 is 1.28 bits per heavy atom. The Hall–Kier alpha value is -1.07. The Morgan fingerprint density at radius 2 is 1.89 bits per heavy atom. The molecule has 0 heterocycles. The maximum Gasteiger partial charge on any atom is 0.238 e. The first-order chi connectivity index (χ1) is 8.45. The van der Waals surface area contributed by atoms with E-state index in [0.717, 1.165) is 12.2 Å². The number of hydrogen-bond acceptors (Lipinski definition) is 3. The van der Waals surface area contributed by atoms with Gasteiger partial charge in [0, 0.05) is 12.2 Å². The van der Waals surface area contributed by atoms with E-state index in [4.69, 9.17) is 5.14 Å². The minimum atomic E-state index is -3.59. The second-order valence-electron chi connectivity index (χ2n) is 5.13. The summed E-state index contributed by atoms with van der Waals surface area (Å²) in [5.41, 5.74) is 1.39. The predicted octanol–water partition coefficient (Wildman–Crippen LogP) is 2.33. The minimum Gasteiger partial charge on any atom is -0.384 e. The average Bonchev–Trinajstić information content (AvgIpc) is 2.28. The standard InChI is InChI=1S/C13H20N2O2S/c1-2-13(8-3-9-13)10-15-11-4-6-12(7-5-11)18(14,16)17/h4-7,15H,2-3,8-10H2,1H3,(H2,14,16,17). The summed E-state index contributed by atoms with van der Waals surface area (Å²) >= 11 is 0. The molecule has 3 N–H and O–H groups in total. The molecule has 1 saturated carbocycles. The summed E-state index contributed by atoms with van der Waals surface area (Å²) in [6.07, 6.45) is 5.08. The van der Waals surface area contributed by atoms with E-state index < -0.39 is 10.0 Å². The van der Waals surface area contributed by atoms with Gasteiger partial charge in [-0.05, 0) is 48.9 Å². The van der Waals surface area contributed by atoms with Crippen molar-refractivity contribution in [2.45, 2.75) is 37.5 Å². The smallest absolute Gasteiger partial charge is 0.238 e. The third kappa shape index (κ3) is 2.84. The molecular formula is C13H20N2O2S. The zero-order chi connectivity index (χ0) is 13.2. The highest BCUT2D eigenvalue weighted by atomic mass is 32.2. The minimum absolute atomic E-state index is 0.155. The van der Waals surface area contributed by atoms with E-state index in [1.807, 2.05) is 0 Å². The van der Waals surface area contributed by atoms with Gasteiger partial charge in [-0.1, -0.05) is 13.3 Å². The molecule has 0 amide bonds. The van der Waals surface area contributed by atoms with Gasteiger partial charge < -0.3 is 5.32 Å². The zero-order valence-electron chi connectivity index (χ0n) is 10.6. The van der Waals surface area contributed by atoms with Crippen LogP contribution in [0.3, 0.4) is 0 Å². The van der Waals surface area contributed by atoms with Gasteiger partial charge in [0.2, 0.25) is 10.0 Å². The van der Waals surface area contributed by atoms with Gasteiger partial charge in [0.25, 0.3) is 0 Å². The maximum atomic E-state index is 11.1. The summed E-state index contributed by atoms with van der Waals surface area (Å²) in [4.78, 5) is 0.155. The lowest BCUT2D eigenvalue weighted by molar-refractivity contribution is 0.145. The third-order valence-electron chi connectivity index (χ3n) is 4.01. The van der Waals surface area contributed by atoms with Crippen molar-refractivity contribution in [3.8, 4) is 0 Å². The fourth-order valence-corrected chi connectivity index (χ4v) is 2.90. The zero-order valence-corrected chi connectivity index (χ0v) is 11.5. The second-order valence-corrected chi connectivity index (χ2v) is 6.69. The lowest BCUT2D eigenvalue weighted by Gasteiger charge is -2.41. The quantitative estimate of drug-likeness (QED) is 0.861. The van der Waals surface area contributed by atoms with Crippen LogP contribution in [0.25, 0.3) is 0 Å². The molecule has 0 unspecified atom stereocenters. The number of primary sulfonamides is 1. The van der Waals surface area contributed by atoms with Crippen molar-refractivity contribution >= 4 is 15.7 Å². The first-order valence-corrected chi connectivity index (χ1v) is 7.87. The molecule has 0 atom stereocenters. The van der Waals surface area contributed by atoms with Crippen LogP contribution in [0.5, 0.6) is 0 Å². The van der Waals surface area contributed by atoms with Crippen LogP contribution >= 0.6 is 0 Å². The number of rotatable bonds is 5. The van der Waals surface area contributed by atoms with Crippen LogP contribution in [0.2, 0.25) is 0 Å². The number of hydrogen-bond donors (Lipinski definition) is 2. The van der Waals surface area contributed by atoms with Crippen molar-refractivity contribution in [2.24, 2.45) is 10.6 Å². The first kappa shape index (κ1) is 13.4. The fraction of sp³-hybridized carbons (Fsp3) is 0.538. The van der Waals surface area contributed by atoms with Crippen LogP contribution in [-0.2, 0) is 10.0 Å². The molecule has 18 heavy (non-hydrogen) atoms. The molecule has 100 valence electrons. The Kier molecular flexibility index (Phi) is 3.64. The van der Waals surface area contributed by atoms with Crippen molar-refractivity contribution in [1.82, 2.24) is 0 Å². The molecule has 4 nitrogen and oxygen atoms in total. The van der Waals surface area contributed by atoms with Gasteiger partial charge in [-0.2, -0.15) is 0 Å². The van der Waals surface area contributed by atoms with Gasteiger partial charge >= 0.3 is 0 Å². The van der Waals surface area contributed by atoms with Gasteiger partial charge in [0.15, 0.2) is 0 Å². The summed E-state index contributed by atoms with van der Waals surface area (Å²) in [7, 11) is -3.59. The Labute approximate surface area is 109 Å². The van der Waals surface area contributed by atoms with E-state index in [1.165, 1.54) is 37.8 Å². The summed E-state index contributed by atoms with van der Waals surface area (Å²) in [6, 6.07) is 6.61. The number of nitrogens with two attached hydrogens (primary N) is 1. The van der Waals surface area contributed by atoms with Gasteiger partial charge in [0.05, 0.1) is 4.90 Å². The van der Waals surface area contributed by atoms with E-state index in [1.54, 1.807) is 12.1 Å². The second kappa shape index (κ2) is 4.90. The summed E-state index contributed by atoms with van der Waals surface area (Å²) < 4.78 is 22.2. The number of benzene rings is 1. The Bertz CT molecular complexity index is 499. The molecule has 0 aliphatic heterocycles. The van der Waals surface area contributed by atoms with Crippen molar-refractivity contribution in [3.05, 3.63) is 24.3 Å². The molecule has 2 rings (SSSR count). The third-order valence-corrected chi connectivity index (χ3v) is 4.94. The molecule has 1 aliphatic rings. The first-order valence-electron chi connectivity index (χ1n) is 6.32. The SMILES string of the molecule is CCC1(CNc2ccc(S(N)(=O)=O)cc2)CCC1. The lowest BCUT2D eigenvalue weighted by atomic mass is 9.67. The lowest BCUT2D eigenvalue weighted by Crippen LogP contribution is -2.35. The summed E-state index contributed by atoms with van der Waals surface area (Å²) in [5.74, 6) is 0. The highest BCUT2D eigenvalue weighted by Crippen LogP contribution is 2.43. The van der Waals surface area contributed by atoms with E-state index in [9.17, 15) is 8.42 Å². The van der Waals surface area contributed by atoms with Crippen LogP contribution in [0.15, 0.2) is 29.2 Å². The van der Waals surface area contributed by atoms with E-state index >= 15 is 0 Å². The highest BCUT2D eigenvalue weighted by Gasteiger charge is 2.34. The van der Waals surface area contributed by atoms with Crippen LogP contribution in [0.4, 0.5) is 5.69 Å². The summed E-state index contributed by atoms with van der Waals surface area (Å²) in [5, 5.41) is 8.44. The van der Waals surface area contributed by atoms with Crippen molar-refractivity contribution in [3.63, 3.8) is 0 Å². The van der Waals surface area contributed by atoms with Crippen molar-refractivity contribution in [2.75, 3.05) is 11.9 Å². The van der Waals surface area contributed by atoms with Gasteiger partial charge in [0.1, 0.15) is 0 Å². The molecular weight excluding hydrogens is 248 g/mol. The van der Waals surface area contributed by atoms with Crippen molar-refractivity contribution in [1.29, 1.82) is 0 Å². The maximum absolute atomic E-state index is 11.1. The van der Waals surface area contributed by atoms with Crippen LogP contribution in [0, 0.1) is 5.41 Å². The predicted molar refractivity (Wildman–Crippen MR) is 72.9 cm³/mol. The molecule has 1 aliphatic carbocycles. The number of anilines is 1. The molecule has 0 saturated heterocycles. The molecule has 1 aromatic carbocycles. The van der Waals surface area contributed by atoms with E-state index in [-0.39, 0.29) is 4.90 Å². The van der Waals surface area contributed by atoms with Gasteiger partial charge in [-0.3, -0.25) is 0 Å². The largest absolute Gasteiger partial charge is 0.384 e. The van der Waals surface area contributed by atoms with Crippen LogP contribution in [-0.4, -0.2) is 15.0 Å². The Morgan fingerprint density at radius 3 is 2.28 bits per heavy atom. The van der Waals surface area contributed by atoms with Crippen LogP contribution in [0.1, 0.15) is 32.6 Å². The van der Waals surface area contributed by atoms with Gasteiger partial charge in [-0.15, -0.1) is 0 Å². The molecule has 0 bridgehead atoms.